The van der Waals surface area contributed by atoms with Gasteiger partial charge in [-0.05, 0) is 53.8 Å². The molecule has 1 N–H and O–H groups in total. The van der Waals surface area contributed by atoms with Crippen LogP contribution in [0.4, 0.5) is 5.69 Å². The lowest BCUT2D eigenvalue weighted by atomic mass is 10.1. The van der Waals surface area contributed by atoms with Crippen LogP contribution in [0.25, 0.3) is 0 Å². The van der Waals surface area contributed by atoms with Gasteiger partial charge in [-0.25, -0.2) is 0 Å². The quantitative estimate of drug-likeness (QED) is 0.699. The Morgan fingerprint density at radius 3 is 2.80 bits per heavy atom. The van der Waals surface area contributed by atoms with Gasteiger partial charge in [-0.3, -0.25) is 9.59 Å². The van der Waals surface area contributed by atoms with Crippen molar-refractivity contribution in [2.24, 2.45) is 0 Å². The van der Waals surface area contributed by atoms with E-state index in [-0.39, 0.29) is 18.6 Å². The minimum Gasteiger partial charge on any atom is -0.454 e. The number of anilines is 1. The van der Waals surface area contributed by atoms with E-state index in [4.69, 9.17) is 9.47 Å². The summed E-state index contributed by atoms with van der Waals surface area (Å²) in [6.07, 6.45) is 0.465. The third-order valence-corrected chi connectivity index (χ3v) is 6.22. The monoisotopic (exact) mass is 420 g/mol. The standard InChI is InChI=1S/C23H20N2O4S/c1-14-4-6-17-19(9-14)25(12-15-5-7-20-21(10-15)29-13-28-20)23(27)18(24-22(17)26)11-16-3-2-8-30-16/h2-10,18H,11-13H2,1H3,(H,24,26). The fourth-order valence-corrected chi connectivity index (χ4v) is 4.57. The van der Waals surface area contributed by atoms with Crippen LogP contribution >= 0.6 is 11.3 Å². The number of benzene rings is 2. The Bertz CT molecular complexity index is 1130. The van der Waals surface area contributed by atoms with Crippen molar-refractivity contribution >= 4 is 28.8 Å². The Kier molecular flexibility index (Phi) is 4.67. The van der Waals surface area contributed by atoms with E-state index < -0.39 is 6.04 Å². The van der Waals surface area contributed by atoms with E-state index in [1.807, 2.05) is 54.8 Å². The van der Waals surface area contributed by atoms with Crippen LogP contribution in [0.5, 0.6) is 11.5 Å². The first kappa shape index (κ1) is 18.7. The maximum Gasteiger partial charge on any atom is 0.254 e. The predicted octanol–water partition coefficient (Wildman–Crippen LogP) is 3.67. The molecule has 0 fully saturated rings. The number of nitrogens with zero attached hydrogens (tertiary/aromatic N) is 1. The summed E-state index contributed by atoms with van der Waals surface area (Å²) in [6.45, 7) is 2.49. The van der Waals surface area contributed by atoms with Crippen LogP contribution in [0.1, 0.15) is 26.4 Å². The zero-order chi connectivity index (χ0) is 20.7. The minimum absolute atomic E-state index is 0.126. The van der Waals surface area contributed by atoms with Crippen LogP contribution < -0.4 is 19.7 Å². The molecular formula is C23H20N2O4S. The highest BCUT2D eigenvalue weighted by molar-refractivity contribution is 7.09. The zero-order valence-corrected chi connectivity index (χ0v) is 17.2. The summed E-state index contributed by atoms with van der Waals surface area (Å²) in [7, 11) is 0. The van der Waals surface area contributed by atoms with Gasteiger partial charge in [0.25, 0.3) is 5.91 Å². The van der Waals surface area contributed by atoms with E-state index in [0.717, 1.165) is 16.0 Å². The molecule has 7 heteroatoms. The van der Waals surface area contributed by atoms with Crippen LogP contribution in [-0.4, -0.2) is 24.6 Å². The summed E-state index contributed by atoms with van der Waals surface area (Å²) in [6, 6.07) is 14.5. The summed E-state index contributed by atoms with van der Waals surface area (Å²) >= 11 is 1.58. The van der Waals surface area contributed by atoms with Crippen LogP contribution in [0.3, 0.4) is 0 Å². The number of rotatable bonds is 4. The first-order valence-corrected chi connectivity index (χ1v) is 10.6. The van der Waals surface area contributed by atoms with Crippen molar-refractivity contribution in [1.29, 1.82) is 0 Å². The molecule has 5 rings (SSSR count). The van der Waals surface area contributed by atoms with Crippen molar-refractivity contribution in [1.82, 2.24) is 5.32 Å². The zero-order valence-electron chi connectivity index (χ0n) is 16.4. The highest BCUT2D eigenvalue weighted by atomic mass is 32.1. The molecule has 0 radical (unpaired) electrons. The van der Waals surface area contributed by atoms with Crippen molar-refractivity contribution < 1.29 is 19.1 Å². The maximum absolute atomic E-state index is 13.6. The number of fused-ring (bicyclic) bond motifs is 2. The molecule has 152 valence electrons. The molecule has 0 saturated heterocycles. The first-order chi connectivity index (χ1) is 14.6. The number of thiophene rings is 1. The highest BCUT2D eigenvalue weighted by Crippen LogP contribution is 2.34. The van der Waals surface area contributed by atoms with E-state index in [1.165, 1.54) is 0 Å². The molecule has 1 aromatic heterocycles. The Morgan fingerprint density at radius 2 is 1.97 bits per heavy atom. The lowest BCUT2D eigenvalue weighted by Gasteiger charge is -2.25. The molecule has 0 saturated carbocycles. The molecule has 2 aliphatic rings. The van der Waals surface area contributed by atoms with Gasteiger partial charge in [0.15, 0.2) is 11.5 Å². The summed E-state index contributed by atoms with van der Waals surface area (Å²) in [4.78, 5) is 29.3. The van der Waals surface area contributed by atoms with E-state index in [2.05, 4.69) is 5.32 Å². The van der Waals surface area contributed by atoms with Gasteiger partial charge in [0.05, 0.1) is 17.8 Å². The maximum atomic E-state index is 13.6. The number of hydrogen-bond acceptors (Lipinski definition) is 5. The number of aryl methyl sites for hydroxylation is 1. The van der Waals surface area contributed by atoms with Gasteiger partial charge in [-0.2, -0.15) is 0 Å². The third-order valence-electron chi connectivity index (χ3n) is 5.32. The number of carbonyl (C=O) groups excluding carboxylic acids is 2. The molecule has 3 heterocycles. The molecular weight excluding hydrogens is 400 g/mol. The number of nitrogens with one attached hydrogen (secondary N) is 1. The Hall–Kier alpha value is -3.32. The average Bonchev–Trinajstić information content (AvgIpc) is 3.40. The van der Waals surface area contributed by atoms with E-state index >= 15 is 0 Å². The van der Waals surface area contributed by atoms with Gasteiger partial charge in [-0.15, -0.1) is 11.3 Å². The van der Waals surface area contributed by atoms with E-state index in [1.54, 1.807) is 22.3 Å². The second-order valence-electron chi connectivity index (χ2n) is 7.44. The SMILES string of the molecule is Cc1ccc2c(c1)N(Cc1ccc3c(c1)OCO3)C(=O)C(Cc1cccs1)NC2=O. The van der Waals surface area contributed by atoms with Crippen LogP contribution in [0.15, 0.2) is 53.9 Å². The van der Waals surface area contributed by atoms with Gasteiger partial charge in [0, 0.05) is 11.3 Å². The fraction of sp³-hybridized carbons (Fsp3) is 0.217. The fourth-order valence-electron chi connectivity index (χ4n) is 3.81. The molecule has 0 bridgehead atoms. The molecule has 2 amide bonds. The number of hydrogen-bond donors (Lipinski definition) is 1. The van der Waals surface area contributed by atoms with Gasteiger partial charge in [0.1, 0.15) is 6.04 Å². The van der Waals surface area contributed by atoms with E-state index in [0.29, 0.717) is 35.7 Å². The number of amides is 2. The second kappa shape index (κ2) is 7.50. The molecule has 6 nitrogen and oxygen atoms in total. The minimum atomic E-state index is -0.627. The van der Waals surface area contributed by atoms with Gasteiger partial charge in [-0.1, -0.05) is 18.2 Å². The van der Waals surface area contributed by atoms with Crippen LogP contribution in [0.2, 0.25) is 0 Å². The van der Waals surface area contributed by atoms with Crippen molar-refractivity contribution in [2.75, 3.05) is 11.7 Å². The molecule has 0 spiro atoms. The molecule has 1 unspecified atom stereocenters. The Morgan fingerprint density at radius 1 is 1.10 bits per heavy atom. The molecule has 3 aromatic rings. The number of carbonyl (C=O) groups is 2. The van der Waals surface area contributed by atoms with Crippen LogP contribution in [-0.2, 0) is 17.8 Å². The first-order valence-electron chi connectivity index (χ1n) is 9.72. The number of ether oxygens (including phenoxy) is 2. The molecule has 2 aromatic carbocycles. The lowest BCUT2D eigenvalue weighted by molar-refractivity contribution is -0.120. The molecule has 2 aliphatic heterocycles. The third kappa shape index (κ3) is 3.41. The van der Waals surface area contributed by atoms with Crippen molar-refractivity contribution in [3.8, 4) is 11.5 Å². The van der Waals surface area contributed by atoms with Gasteiger partial charge >= 0.3 is 0 Å². The summed E-state index contributed by atoms with van der Waals surface area (Å²) in [5.74, 6) is 1.01. The topological polar surface area (TPSA) is 67.9 Å². The van der Waals surface area contributed by atoms with E-state index in [9.17, 15) is 9.59 Å². The Labute approximate surface area is 178 Å². The molecule has 30 heavy (non-hydrogen) atoms. The van der Waals surface area contributed by atoms with Gasteiger partial charge in [0.2, 0.25) is 12.7 Å². The van der Waals surface area contributed by atoms with Gasteiger partial charge < -0.3 is 19.7 Å². The smallest absolute Gasteiger partial charge is 0.254 e. The Balaban J connectivity index is 1.54. The summed E-state index contributed by atoms with van der Waals surface area (Å²) in [5, 5.41) is 4.90. The molecule has 1 atom stereocenters. The molecule has 0 aliphatic carbocycles. The summed E-state index contributed by atoms with van der Waals surface area (Å²) < 4.78 is 10.9. The lowest BCUT2D eigenvalue weighted by Crippen LogP contribution is -2.46. The predicted molar refractivity (Wildman–Crippen MR) is 114 cm³/mol. The second-order valence-corrected chi connectivity index (χ2v) is 8.47. The van der Waals surface area contributed by atoms with Crippen molar-refractivity contribution in [3.05, 3.63) is 75.5 Å². The normalized spacial score (nSPS) is 17.5. The van der Waals surface area contributed by atoms with Crippen molar-refractivity contribution in [3.63, 3.8) is 0 Å². The largest absolute Gasteiger partial charge is 0.454 e. The highest BCUT2D eigenvalue weighted by Gasteiger charge is 2.34. The summed E-state index contributed by atoms with van der Waals surface area (Å²) in [5.41, 5.74) is 3.03. The average molecular weight is 420 g/mol. The van der Waals surface area contributed by atoms with Crippen molar-refractivity contribution in [2.45, 2.75) is 25.9 Å². The van der Waals surface area contributed by atoms with Crippen LogP contribution in [0, 0.1) is 6.92 Å².